The number of benzene rings is 1. The minimum absolute atomic E-state index is 0.0498. The van der Waals surface area contributed by atoms with Gasteiger partial charge in [0, 0.05) is 12.4 Å². The Kier molecular flexibility index (Phi) is 4.40. The molecule has 3 aromatic rings. The number of rotatable bonds is 4. The van der Waals surface area contributed by atoms with Gasteiger partial charge in [0.1, 0.15) is 5.75 Å². The van der Waals surface area contributed by atoms with Crippen molar-refractivity contribution in [2.75, 3.05) is 5.32 Å². The number of aromatic hydroxyl groups is 1. The first-order chi connectivity index (χ1) is 11.8. The highest BCUT2D eigenvalue weighted by molar-refractivity contribution is 5.69. The molecule has 0 aliphatic rings. The lowest BCUT2D eigenvalue weighted by Crippen LogP contribution is -2.02. The topological polar surface area (TPSA) is 108 Å². The standard InChI is InChI=1S/C17H12N6O/c18-11-20-17-22-15(8-7-12-4-3-9-19-10-12)21-16(23-17)13-5-1-2-6-14(13)24/h1-10,24H,(H,20,21,22,23)/b8-7+. The molecule has 0 spiro atoms. The number of phenols is 1. The predicted octanol–water partition coefficient (Wildman–Crippen LogP) is 2.70. The first-order valence-corrected chi connectivity index (χ1v) is 7.04. The zero-order valence-electron chi connectivity index (χ0n) is 12.5. The molecule has 7 heteroatoms. The second-order valence-electron chi connectivity index (χ2n) is 4.71. The van der Waals surface area contributed by atoms with Gasteiger partial charge in [-0.05, 0) is 35.9 Å². The van der Waals surface area contributed by atoms with Gasteiger partial charge >= 0.3 is 0 Å². The minimum Gasteiger partial charge on any atom is -0.507 e. The molecule has 24 heavy (non-hydrogen) atoms. The van der Waals surface area contributed by atoms with Crippen molar-refractivity contribution in [3.63, 3.8) is 0 Å². The lowest BCUT2D eigenvalue weighted by molar-refractivity contribution is 0.477. The highest BCUT2D eigenvalue weighted by atomic mass is 16.3. The maximum atomic E-state index is 9.97. The minimum atomic E-state index is 0.0498. The molecule has 116 valence electrons. The molecule has 0 saturated heterocycles. The number of nitrogens with one attached hydrogen (secondary N) is 1. The summed E-state index contributed by atoms with van der Waals surface area (Å²) in [6.45, 7) is 0. The van der Waals surface area contributed by atoms with Crippen LogP contribution in [0.1, 0.15) is 11.4 Å². The van der Waals surface area contributed by atoms with Crippen molar-refractivity contribution in [3.8, 4) is 23.3 Å². The number of hydrogen-bond acceptors (Lipinski definition) is 7. The van der Waals surface area contributed by atoms with E-state index in [0.29, 0.717) is 11.4 Å². The molecule has 0 radical (unpaired) electrons. The van der Waals surface area contributed by atoms with Gasteiger partial charge < -0.3 is 5.11 Å². The summed E-state index contributed by atoms with van der Waals surface area (Å²) in [5.74, 6) is 0.780. The molecule has 0 aliphatic carbocycles. The Morgan fingerprint density at radius 1 is 1.04 bits per heavy atom. The lowest BCUT2D eigenvalue weighted by atomic mass is 10.2. The second kappa shape index (κ2) is 6.98. The fraction of sp³-hybridized carbons (Fsp3) is 0. The maximum Gasteiger partial charge on any atom is 0.240 e. The van der Waals surface area contributed by atoms with Gasteiger partial charge in [0.25, 0.3) is 0 Å². The second-order valence-corrected chi connectivity index (χ2v) is 4.71. The number of phenolic OH excluding ortho intramolecular Hbond substituents is 1. The van der Waals surface area contributed by atoms with Crippen LogP contribution in [0.3, 0.4) is 0 Å². The van der Waals surface area contributed by atoms with Crippen LogP contribution in [-0.4, -0.2) is 25.0 Å². The van der Waals surface area contributed by atoms with Gasteiger partial charge in [-0.1, -0.05) is 18.2 Å². The summed E-state index contributed by atoms with van der Waals surface area (Å²) in [5, 5.41) is 21.2. The molecule has 0 aliphatic heterocycles. The van der Waals surface area contributed by atoms with Crippen molar-refractivity contribution < 1.29 is 5.11 Å². The average Bonchev–Trinajstić information content (AvgIpc) is 2.61. The van der Waals surface area contributed by atoms with Crippen LogP contribution in [0.2, 0.25) is 0 Å². The van der Waals surface area contributed by atoms with Crippen LogP contribution in [0.4, 0.5) is 5.95 Å². The SMILES string of the molecule is N#CNc1nc(/C=C/c2cccnc2)nc(-c2ccccc2O)n1. The molecule has 0 saturated carbocycles. The Morgan fingerprint density at radius 2 is 1.92 bits per heavy atom. The number of aromatic nitrogens is 4. The van der Waals surface area contributed by atoms with Crippen molar-refractivity contribution in [1.29, 1.82) is 5.26 Å². The summed E-state index contributed by atoms with van der Waals surface area (Å²) in [6.07, 6.45) is 8.65. The summed E-state index contributed by atoms with van der Waals surface area (Å²) in [7, 11) is 0. The summed E-state index contributed by atoms with van der Waals surface area (Å²) < 4.78 is 0. The summed E-state index contributed by atoms with van der Waals surface area (Å²) in [4.78, 5) is 16.6. The molecule has 0 atom stereocenters. The van der Waals surface area contributed by atoms with Gasteiger partial charge in [0.2, 0.25) is 5.95 Å². The van der Waals surface area contributed by atoms with Gasteiger partial charge in [-0.2, -0.15) is 15.2 Å². The highest BCUT2D eigenvalue weighted by Gasteiger charge is 2.10. The number of nitrogens with zero attached hydrogens (tertiary/aromatic N) is 5. The van der Waals surface area contributed by atoms with E-state index in [1.165, 1.54) is 0 Å². The number of anilines is 1. The lowest BCUT2D eigenvalue weighted by Gasteiger charge is -2.05. The molecule has 7 nitrogen and oxygen atoms in total. The molecular weight excluding hydrogens is 304 g/mol. The molecule has 0 fully saturated rings. The van der Waals surface area contributed by atoms with Crippen LogP contribution in [0, 0.1) is 11.5 Å². The molecule has 2 aromatic heterocycles. The Balaban J connectivity index is 2.02. The number of hydrogen-bond donors (Lipinski definition) is 2. The van der Waals surface area contributed by atoms with E-state index in [1.54, 1.807) is 55.0 Å². The molecule has 2 heterocycles. The van der Waals surface area contributed by atoms with Crippen molar-refractivity contribution in [2.45, 2.75) is 0 Å². The molecule has 0 unspecified atom stereocenters. The van der Waals surface area contributed by atoms with Crippen LogP contribution in [0.25, 0.3) is 23.5 Å². The molecule has 3 rings (SSSR count). The van der Waals surface area contributed by atoms with Gasteiger partial charge in [0.15, 0.2) is 17.8 Å². The zero-order valence-corrected chi connectivity index (χ0v) is 12.5. The van der Waals surface area contributed by atoms with Crippen LogP contribution in [0.15, 0.2) is 48.8 Å². The quantitative estimate of drug-likeness (QED) is 0.562. The highest BCUT2D eigenvalue weighted by Crippen LogP contribution is 2.26. The van der Waals surface area contributed by atoms with Crippen LogP contribution in [-0.2, 0) is 0 Å². The monoisotopic (exact) mass is 316 g/mol. The number of nitriles is 1. The van der Waals surface area contributed by atoms with Gasteiger partial charge in [-0.3, -0.25) is 10.3 Å². The van der Waals surface area contributed by atoms with E-state index in [2.05, 4.69) is 25.3 Å². The first-order valence-electron chi connectivity index (χ1n) is 7.04. The van der Waals surface area contributed by atoms with Crippen molar-refractivity contribution in [1.82, 2.24) is 19.9 Å². The Morgan fingerprint density at radius 3 is 2.67 bits per heavy atom. The Hall–Kier alpha value is -3.79. The van der Waals surface area contributed by atoms with Crippen molar-refractivity contribution in [2.24, 2.45) is 0 Å². The van der Waals surface area contributed by atoms with Crippen molar-refractivity contribution >= 4 is 18.1 Å². The van der Waals surface area contributed by atoms with E-state index < -0.39 is 0 Å². The van der Waals surface area contributed by atoms with E-state index in [1.807, 2.05) is 12.1 Å². The molecular formula is C17H12N6O. The molecule has 0 bridgehead atoms. The summed E-state index contributed by atoms with van der Waals surface area (Å²) >= 11 is 0. The molecule has 2 N–H and O–H groups in total. The number of pyridine rings is 1. The smallest absolute Gasteiger partial charge is 0.240 e. The van der Waals surface area contributed by atoms with E-state index in [4.69, 9.17) is 5.26 Å². The Labute approximate surface area is 138 Å². The van der Waals surface area contributed by atoms with Gasteiger partial charge in [-0.25, -0.2) is 4.98 Å². The van der Waals surface area contributed by atoms with Crippen LogP contribution in [0.5, 0.6) is 5.75 Å². The third kappa shape index (κ3) is 3.51. The van der Waals surface area contributed by atoms with Crippen LogP contribution < -0.4 is 5.32 Å². The predicted molar refractivity (Wildman–Crippen MR) is 89.3 cm³/mol. The van der Waals surface area contributed by atoms with E-state index in [-0.39, 0.29) is 17.5 Å². The largest absolute Gasteiger partial charge is 0.507 e. The molecule has 1 aromatic carbocycles. The van der Waals surface area contributed by atoms with Crippen LogP contribution >= 0.6 is 0 Å². The third-order valence-electron chi connectivity index (χ3n) is 3.07. The average molecular weight is 316 g/mol. The zero-order chi connectivity index (χ0) is 16.8. The summed E-state index contributed by atoms with van der Waals surface area (Å²) in [5.41, 5.74) is 1.34. The summed E-state index contributed by atoms with van der Waals surface area (Å²) in [6, 6.07) is 10.4. The fourth-order valence-corrected chi connectivity index (χ4v) is 2.00. The maximum absolute atomic E-state index is 9.97. The molecule has 0 amide bonds. The normalized spacial score (nSPS) is 10.5. The Bertz CT molecular complexity index is 918. The first kappa shape index (κ1) is 15.1. The van der Waals surface area contributed by atoms with E-state index >= 15 is 0 Å². The fourth-order valence-electron chi connectivity index (χ4n) is 2.00. The number of para-hydroxylation sites is 1. The van der Waals surface area contributed by atoms with Crippen molar-refractivity contribution in [3.05, 3.63) is 60.2 Å². The van der Waals surface area contributed by atoms with E-state index in [9.17, 15) is 5.11 Å². The van der Waals surface area contributed by atoms with Gasteiger partial charge in [-0.15, -0.1) is 0 Å². The third-order valence-corrected chi connectivity index (χ3v) is 3.07. The van der Waals surface area contributed by atoms with E-state index in [0.717, 1.165) is 5.56 Å². The van der Waals surface area contributed by atoms with Gasteiger partial charge in [0.05, 0.1) is 5.56 Å².